The van der Waals surface area contributed by atoms with Gasteiger partial charge in [0.2, 0.25) is 0 Å². The molecule has 2 amide bonds. The highest BCUT2D eigenvalue weighted by Crippen LogP contribution is 2.23. The first-order valence-corrected chi connectivity index (χ1v) is 9.10. The standard InChI is InChI=1S/C22H23N5O2/c1-27(2)22(29)16-9-6-10-17(11-16)26-20-12-19(18(14-25-20)21(23)28)24-13-15-7-4-3-5-8-15/h3-12,14H,13H2,1-2H3,(H2,23,28)(H2,24,25,26). The molecule has 0 saturated heterocycles. The number of pyridine rings is 1. The molecule has 0 unspecified atom stereocenters. The van der Waals surface area contributed by atoms with E-state index in [9.17, 15) is 9.59 Å². The lowest BCUT2D eigenvalue weighted by Gasteiger charge is -2.14. The van der Waals surface area contributed by atoms with E-state index in [0.29, 0.717) is 34.9 Å². The highest BCUT2D eigenvalue weighted by Gasteiger charge is 2.12. The van der Waals surface area contributed by atoms with Gasteiger partial charge in [0.05, 0.1) is 11.3 Å². The Morgan fingerprint density at radius 3 is 2.48 bits per heavy atom. The number of carbonyl (C=O) groups is 2. The van der Waals surface area contributed by atoms with Crippen molar-refractivity contribution < 1.29 is 9.59 Å². The zero-order valence-electron chi connectivity index (χ0n) is 16.3. The number of nitrogens with zero attached hydrogens (tertiary/aromatic N) is 2. The molecule has 0 aliphatic carbocycles. The molecule has 0 spiro atoms. The van der Waals surface area contributed by atoms with Gasteiger partial charge in [-0.2, -0.15) is 0 Å². The van der Waals surface area contributed by atoms with Crippen LogP contribution in [0.1, 0.15) is 26.3 Å². The van der Waals surface area contributed by atoms with Gasteiger partial charge < -0.3 is 21.3 Å². The molecule has 1 aromatic heterocycles. The number of primary amides is 1. The van der Waals surface area contributed by atoms with Crippen LogP contribution in [-0.2, 0) is 6.54 Å². The van der Waals surface area contributed by atoms with Crippen molar-refractivity contribution in [1.82, 2.24) is 9.88 Å². The van der Waals surface area contributed by atoms with Gasteiger partial charge in [0.25, 0.3) is 11.8 Å². The molecule has 7 nitrogen and oxygen atoms in total. The lowest BCUT2D eigenvalue weighted by atomic mass is 10.1. The number of benzene rings is 2. The number of amides is 2. The van der Waals surface area contributed by atoms with Gasteiger partial charge in [-0.3, -0.25) is 9.59 Å². The van der Waals surface area contributed by atoms with E-state index in [-0.39, 0.29) is 5.91 Å². The monoisotopic (exact) mass is 389 g/mol. The maximum atomic E-state index is 12.2. The Hall–Kier alpha value is -3.87. The van der Waals surface area contributed by atoms with Crippen LogP contribution in [-0.4, -0.2) is 35.8 Å². The summed E-state index contributed by atoms with van der Waals surface area (Å²) in [4.78, 5) is 29.7. The minimum atomic E-state index is -0.557. The van der Waals surface area contributed by atoms with Crippen molar-refractivity contribution in [2.24, 2.45) is 5.73 Å². The van der Waals surface area contributed by atoms with Crippen LogP contribution in [0.3, 0.4) is 0 Å². The number of hydrogen-bond acceptors (Lipinski definition) is 5. The highest BCUT2D eigenvalue weighted by atomic mass is 16.2. The number of anilines is 3. The third-order valence-electron chi connectivity index (χ3n) is 4.28. The van der Waals surface area contributed by atoms with Gasteiger partial charge in [-0.1, -0.05) is 36.4 Å². The number of aromatic nitrogens is 1. The smallest absolute Gasteiger partial charge is 0.253 e. The summed E-state index contributed by atoms with van der Waals surface area (Å²) in [5, 5.41) is 6.41. The molecule has 0 aliphatic rings. The van der Waals surface area contributed by atoms with Crippen LogP contribution in [0.4, 0.5) is 17.2 Å². The Morgan fingerprint density at radius 2 is 1.79 bits per heavy atom. The third-order valence-corrected chi connectivity index (χ3v) is 4.28. The Bertz CT molecular complexity index is 1020. The minimum Gasteiger partial charge on any atom is -0.380 e. The molecule has 0 fully saturated rings. The van der Waals surface area contributed by atoms with Crippen LogP contribution in [0.5, 0.6) is 0 Å². The Labute approximate surface area is 169 Å². The minimum absolute atomic E-state index is 0.0871. The van der Waals surface area contributed by atoms with Gasteiger partial charge >= 0.3 is 0 Å². The molecule has 0 radical (unpaired) electrons. The summed E-state index contributed by atoms with van der Waals surface area (Å²) in [7, 11) is 3.41. The van der Waals surface area contributed by atoms with Crippen molar-refractivity contribution in [3.63, 3.8) is 0 Å². The lowest BCUT2D eigenvalue weighted by Crippen LogP contribution is -2.21. The molecule has 0 bridgehead atoms. The molecular formula is C22H23N5O2. The lowest BCUT2D eigenvalue weighted by molar-refractivity contribution is 0.0827. The summed E-state index contributed by atoms with van der Waals surface area (Å²) >= 11 is 0. The van der Waals surface area contributed by atoms with Crippen molar-refractivity contribution in [3.05, 3.63) is 83.6 Å². The SMILES string of the molecule is CN(C)C(=O)c1cccc(Nc2cc(NCc3ccccc3)c(C(N)=O)cn2)c1. The summed E-state index contributed by atoms with van der Waals surface area (Å²) in [5.74, 6) is -0.117. The first-order valence-electron chi connectivity index (χ1n) is 9.10. The molecule has 0 atom stereocenters. The van der Waals surface area contributed by atoms with Crippen molar-refractivity contribution in [1.29, 1.82) is 0 Å². The third kappa shape index (κ3) is 5.10. The Kier molecular flexibility index (Phi) is 6.09. The molecule has 0 saturated carbocycles. The molecule has 3 aromatic rings. The van der Waals surface area contributed by atoms with Crippen molar-refractivity contribution in [2.45, 2.75) is 6.54 Å². The van der Waals surface area contributed by atoms with E-state index in [0.717, 1.165) is 5.56 Å². The Morgan fingerprint density at radius 1 is 1.03 bits per heavy atom. The van der Waals surface area contributed by atoms with E-state index in [1.165, 1.54) is 11.1 Å². The molecule has 3 rings (SSSR count). The molecule has 1 heterocycles. The van der Waals surface area contributed by atoms with Crippen LogP contribution >= 0.6 is 0 Å². The molecule has 2 aromatic carbocycles. The fraction of sp³-hybridized carbons (Fsp3) is 0.136. The predicted molar refractivity (Wildman–Crippen MR) is 114 cm³/mol. The number of rotatable bonds is 7. The molecule has 7 heteroatoms. The van der Waals surface area contributed by atoms with Gasteiger partial charge in [-0.25, -0.2) is 4.98 Å². The average Bonchev–Trinajstić information content (AvgIpc) is 2.72. The van der Waals surface area contributed by atoms with Crippen molar-refractivity contribution >= 4 is 29.0 Å². The Balaban J connectivity index is 1.82. The van der Waals surface area contributed by atoms with E-state index in [1.807, 2.05) is 36.4 Å². The van der Waals surface area contributed by atoms with Crippen LogP contribution < -0.4 is 16.4 Å². The maximum absolute atomic E-state index is 12.2. The second-order valence-electron chi connectivity index (χ2n) is 6.72. The summed E-state index contributed by atoms with van der Waals surface area (Å²) in [5.41, 5.74) is 8.73. The van der Waals surface area contributed by atoms with E-state index < -0.39 is 5.91 Å². The highest BCUT2D eigenvalue weighted by molar-refractivity contribution is 5.98. The van der Waals surface area contributed by atoms with Crippen LogP contribution in [0, 0.1) is 0 Å². The van der Waals surface area contributed by atoms with Gasteiger partial charge in [-0.05, 0) is 23.8 Å². The van der Waals surface area contributed by atoms with Gasteiger partial charge in [0, 0.05) is 44.2 Å². The number of hydrogen-bond donors (Lipinski definition) is 3. The quantitative estimate of drug-likeness (QED) is 0.576. The van der Waals surface area contributed by atoms with Crippen LogP contribution in [0.25, 0.3) is 0 Å². The van der Waals surface area contributed by atoms with Crippen LogP contribution in [0.15, 0.2) is 66.9 Å². The second-order valence-corrected chi connectivity index (χ2v) is 6.72. The summed E-state index contributed by atoms with van der Waals surface area (Å²) in [6, 6.07) is 18.7. The number of nitrogens with two attached hydrogens (primary N) is 1. The fourth-order valence-corrected chi connectivity index (χ4v) is 2.80. The number of carbonyl (C=O) groups excluding carboxylic acids is 2. The summed E-state index contributed by atoms with van der Waals surface area (Å²) < 4.78 is 0. The topological polar surface area (TPSA) is 100 Å². The molecule has 4 N–H and O–H groups in total. The predicted octanol–water partition coefficient (Wildman–Crippen LogP) is 3.24. The fourth-order valence-electron chi connectivity index (χ4n) is 2.80. The zero-order chi connectivity index (χ0) is 20.8. The zero-order valence-corrected chi connectivity index (χ0v) is 16.3. The summed E-state index contributed by atoms with van der Waals surface area (Å²) in [6.07, 6.45) is 1.44. The van der Waals surface area contributed by atoms with E-state index in [1.54, 1.807) is 38.4 Å². The van der Waals surface area contributed by atoms with Gasteiger partial charge in [0.15, 0.2) is 0 Å². The second kappa shape index (κ2) is 8.88. The normalized spacial score (nSPS) is 10.3. The van der Waals surface area contributed by atoms with Gasteiger partial charge in [-0.15, -0.1) is 0 Å². The molecule has 148 valence electrons. The number of nitrogens with one attached hydrogen (secondary N) is 2. The van der Waals surface area contributed by atoms with Crippen molar-refractivity contribution in [3.8, 4) is 0 Å². The van der Waals surface area contributed by atoms with E-state index >= 15 is 0 Å². The first kappa shape index (κ1) is 19.9. The summed E-state index contributed by atoms with van der Waals surface area (Å²) in [6.45, 7) is 0.539. The maximum Gasteiger partial charge on any atom is 0.253 e. The van der Waals surface area contributed by atoms with Gasteiger partial charge in [0.1, 0.15) is 5.82 Å². The molecule has 29 heavy (non-hydrogen) atoms. The molecular weight excluding hydrogens is 366 g/mol. The van der Waals surface area contributed by atoms with E-state index in [2.05, 4.69) is 15.6 Å². The van der Waals surface area contributed by atoms with Crippen LogP contribution in [0.2, 0.25) is 0 Å². The molecule has 0 aliphatic heterocycles. The van der Waals surface area contributed by atoms with Crippen molar-refractivity contribution in [2.75, 3.05) is 24.7 Å². The first-order chi connectivity index (χ1) is 13.9. The van der Waals surface area contributed by atoms with E-state index in [4.69, 9.17) is 5.73 Å². The largest absolute Gasteiger partial charge is 0.380 e. The average molecular weight is 389 g/mol.